The van der Waals surface area contributed by atoms with E-state index < -0.39 is 0 Å². The summed E-state index contributed by atoms with van der Waals surface area (Å²) in [7, 11) is 0. The number of rotatable bonds is 5. The highest BCUT2D eigenvalue weighted by Crippen LogP contribution is 2.47. The monoisotopic (exact) mass is 234 g/mol. The van der Waals surface area contributed by atoms with Gasteiger partial charge in [-0.05, 0) is 43.7 Å². The molecule has 1 aromatic rings. The third-order valence-corrected chi connectivity index (χ3v) is 3.47. The first-order valence-corrected chi connectivity index (χ1v) is 5.98. The highest BCUT2D eigenvalue weighted by molar-refractivity contribution is 5.95. The Morgan fingerprint density at radius 3 is 2.94 bits per heavy atom. The van der Waals surface area contributed by atoms with E-state index in [-0.39, 0.29) is 17.9 Å². The van der Waals surface area contributed by atoms with Crippen LogP contribution in [0.5, 0.6) is 0 Å². The molecule has 4 nitrogen and oxygen atoms in total. The van der Waals surface area contributed by atoms with Gasteiger partial charge in [0.2, 0.25) is 0 Å². The van der Waals surface area contributed by atoms with Crippen LogP contribution in [0.15, 0.2) is 18.3 Å². The molecule has 0 bridgehead atoms. The molecule has 4 heteroatoms. The molecule has 0 saturated heterocycles. The Balaban J connectivity index is 1.92. The van der Waals surface area contributed by atoms with Gasteiger partial charge in [-0.15, -0.1) is 0 Å². The number of nitrogens with zero attached hydrogens (tertiary/aromatic N) is 1. The topological polar surface area (TPSA) is 62.2 Å². The summed E-state index contributed by atoms with van der Waals surface area (Å²) in [5.74, 6) is -0.0696. The van der Waals surface area contributed by atoms with E-state index in [4.69, 9.17) is 5.11 Å². The number of aliphatic hydroxyl groups is 1. The molecule has 2 rings (SSSR count). The second kappa shape index (κ2) is 4.84. The fraction of sp³-hybridized carbons (Fsp3) is 0.538. The number of carbonyl (C=O) groups excluding carboxylic acids is 1. The lowest BCUT2D eigenvalue weighted by Gasteiger charge is -2.14. The van der Waals surface area contributed by atoms with Gasteiger partial charge in [0.25, 0.3) is 5.91 Å². The third-order valence-electron chi connectivity index (χ3n) is 3.47. The van der Waals surface area contributed by atoms with Crippen molar-refractivity contribution in [3.05, 3.63) is 29.6 Å². The van der Waals surface area contributed by atoms with Crippen LogP contribution in [0.1, 0.15) is 35.3 Å². The Hall–Kier alpha value is -1.42. The van der Waals surface area contributed by atoms with Crippen LogP contribution in [0.4, 0.5) is 0 Å². The zero-order valence-electron chi connectivity index (χ0n) is 10.1. The van der Waals surface area contributed by atoms with E-state index in [0.29, 0.717) is 12.1 Å². The standard InChI is InChI=1S/C13H18N2O2/c1-10-11(3-2-7-14-10)12(17)15-9-13(4-5-13)6-8-16/h2-3,7,16H,4-6,8-9H2,1H3,(H,15,17). The molecule has 1 saturated carbocycles. The van der Waals surface area contributed by atoms with Gasteiger partial charge < -0.3 is 10.4 Å². The van der Waals surface area contributed by atoms with Crippen LogP contribution in [-0.2, 0) is 0 Å². The van der Waals surface area contributed by atoms with E-state index >= 15 is 0 Å². The maximum atomic E-state index is 11.9. The largest absolute Gasteiger partial charge is 0.396 e. The molecule has 1 fully saturated rings. The Bertz CT molecular complexity index is 414. The highest BCUT2D eigenvalue weighted by atomic mass is 16.3. The van der Waals surface area contributed by atoms with Crippen LogP contribution in [0.2, 0.25) is 0 Å². The van der Waals surface area contributed by atoms with Gasteiger partial charge in [-0.25, -0.2) is 0 Å². The molecule has 2 N–H and O–H groups in total. The SMILES string of the molecule is Cc1ncccc1C(=O)NCC1(CCO)CC1. The average molecular weight is 234 g/mol. The minimum atomic E-state index is -0.0696. The summed E-state index contributed by atoms with van der Waals surface area (Å²) >= 11 is 0. The molecule has 0 aromatic carbocycles. The normalized spacial score (nSPS) is 16.6. The molecule has 0 atom stereocenters. The Morgan fingerprint density at radius 2 is 2.35 bits per heavy atom. The third kappa shape index (κ3) is 2.82. The summed E-state index contributed by atoms with van der Waals surface area (Å²) in [5.41, 5.74) is 1.53. The number of aliphatic hydroxyl groups excluding tert-OH is 1. The van der Waals surface area contributed by atoms with Crippen molar-refractivity contribution in [3.8, 4) is 0 Å². The molecule has 1 aliphatic rings. The van der Waals surface area contributed by atoms with Crippen LogP contribution in [0.3, 0.4) is 0 Å². The van der Waals surface area contributed by atoms with Crippen molar-refractivity contribution in [2.45, 2.75) is 26.2 Å². The van der Waals surface area contributed by atoms with Crippen molar-refractivity contribution < 1.29 is 9.90 Å². The molecule has 1 heterocycles. The summed E-state index contributed by atoms with van der Waals surface area (Å²) in [4.78, 5) is 16.0. The fourth-order valence-electron chi connectivity index (χ4n) is 2.02. The zero-order valence-corrected chi connectivity index (χ0v) is 10.1. The van der Waals surface area contributed by atoms with Gasteiger partial charge in [0.1, 0.15) is 0 Å². The first kappa shape index (κ1) is 12.0. The number of aromatic nitrogens is 1. The van der Waals surface area contributed by atoms with Gasteiger partial charge in [-0.3, -0.25) is 9.78 Å². The van der Waals surface area contributed by atoms with E-state index in [0.717, 1.165) is 25.0 Å². The lowest BCUT2D eigenvalue weighted by atomic mass is 10.0. The average Bonchev–Trinajstić information content (AvgIpc) is 3.08. The van der Waals surface area contributed by atoms with Gasteiger partial charge >= 0.3 is 0 Å². The number of hydrogen-bond acceptors (Lipinski definition) is 3. The number of hydrogen-bond donors (Lipinski definition) is 2. The fourth-order valence-corrected chi connectivity index (χ4v) is 2.02. The van der Waals surface area contributed by atoms with Crippen LogP contribution >= 0.6 is 0 Å². The summed E-state index contributed by atoms with van der Waals surface area (Å²) in [6, 6.07) is 3.55. The first-order chi connectivity index (χ1) is 8.17. The summed E-state index contributed by atoms with van der Waals surface area (Å²) in [6.45, 7) is 2.68. The molecule has 0 spiro atoms. The maximum absolute atomic E-state index is 11.9. The van der Waals surface area contributed by atoms with Crippen molar-refractivity contribution >= 4 is 5.91 Å². The van der Waals surface area contributed by atoms with Crippen molar-refractivity contribution in [3.63, 3.8) is 0 Å². The molecular weight excluding hydrogens is 216 g/mol. The lowest BCUT2D eigenvalue weighted by Crippen LogP contribution is -2.31. The van der Waals surface area contributed by atoms with Crippen molar-refractivity contribution in [1.29, 1.82) is 0 Å². The van der Waals surface area contributed by atoms with Crippen LogP contribution in [-0.4, -0.2) is 29.1 Å². The van der Waals surface area contributed by atoms with Gasteiger partial charge in [-0.1, -0.05) is 0 Å². The van der Waals surface area contributed by atoms with Crippen molar-refractivity contribution in [2.24, 2.45) is 5.41 Å². The highest BCUT2D eigenvalue weighted by Gasteiger charge is 2.41. The zero-order chi connectivity index (χ0) is 12.3. The van der Waals surface area contributed by atoms with Gasteiger partial charge in [0.15, 0.2) is 0 Å². The van der Waals surface area contributed by atoms with Gasteiger partial charge in [0, 0.05) is 25.0 Å². The Kier molecular flexibility index (Phi) is 3.43. The van der Waals surface area contributed by atoms with E-state index in [2.05, 4.69) is 10.3 Å². The smallest absolute Gasteiger partial charge is 0.253 e. The summed E-state index contributed by atoms with van der Waals surface area (Å²) < 4.78 is 0. The number of nitrogens with one attached hydrogen (secondary N) is 1. The first-order valence-electron chi connectivity index (χ1n) is 5.98. The summed E-state index contributed by atoms with van der Waals surface area (Å²) in [6.07, 6.45) is 4.65. The summed E-state index contributed by atoms with van der Waals surface area (Å²) in [5, 5.41) is 11.9. The Labute approximate surface area is 101 Å². The molecule has 17 heavy (non-hydrogen) atoms. The minimum absolute atomic E-state index is 0.0696. The van der Waals surface area contributed by atoms with Crippen LogP contribution in [0, 0.1) is 12.3 Å². The van der Waals surface area contributed by atoms with E-state index in [9.17, 15) is 4.79 Å². The quantitative estimate of drug-likeness (QED) is 0.806. The molecule has 1 aliphatic carbocycles. The number of amides is 1. The molecular formula is C13H18N2O2. The molecule has 0 unspecified atom stereocenters. The van der Waals surface area contributed by atoms with Crippen molar-refractivity contribution in [2.75, 3.05) is 13.2 Å². The number of pyridine rings is 1. The minimum Gasteiger partial charge on any atom is -0.396 e. The second-order valence-corrected chi connectivity index (χ2v) is 4.79. The van der Waals surface area contributed by atoms with Gasteiger partial charge in [-0.2, -0.15) is 0 Å². The molecule has 0 radical (unpaired) electrons. The molecule has 0 aliphatic heterocycles. The lowest BCUT2D eigenvalue weighted by molar-refractivity contribution is 0.0940. The van der Waals surface area contributed by atoms with E-state index in [1.165, 1.54) is 0 Å². The van der Waals surface area contributed by atoms with Crippen LogP contribution < -0.4 is 5.32 Å². The van der Waals surface area contributed by atoms with Crippen LogP contribution in [0.25, 0.3) is 0 Å². The number of carbonyl (C=O) groups is 1. The predicted octanol–water partition coefficient (Wildman–Crippen LogP) is 1.28. The van der Waals surface area contributed by atoms with E-state index in [1.54, 1.807) is 18.3 Å². The van der Waals surface area contributed by atoms with E-state index in [1.807, 2.05) is 6.92 Å². The second-order valence-electron chi connectivity index (χ2n) is 4.79. The Morgan fingerprint density at radius 1 is 1.59 bits per heavy atom. The van der Waals surface area contributed by atoms with Gasteiger partial charge in [0.05, 0.1) is 5.56 Å². The van der Waals surface area contributed by atoms with Crippen molar-refractivity contribution in [1.82, 2.24) is 10.3 Å². The predicted molar refractivity (Wildman–Crippen MR) is 64.7 cm³/mol. The molecule has 92 valence electrons. The molecule has 1 aromatic heterocycles. The molecule has 1 amide bonds. The maximum Gasteiger partial charge on any atom is 0.253 e. The number of aryl methyl sites for hydroxylation is 1.